The highest BCUT2D eigenvalue weighted by molar-refractivity contribution is 7.89. The van der Waals surface area contributed by atoms with Gasteiger partial charge in [-0.15, -0.1) is 0 Å². The van der Waals surface area contributed by atoms with E-state index in [2.05, 4.69) is 10.0 Å². The Balaban J connectivity index is 2.43. The molecule has 0 spiro atoms. The van der Waals surface area contributed by atoms with Crippen LogP contribution < -0.4 is 14.8 Å². The molecule has 0 aliphatic heterocycles. The van der Waals surface area contributed by atoms with Crippen LogP contribution in [0, 0.1) is 17.0 Å². The van der Waals surface area contributed by atoms with Crippen LogP contribution in [0.1, 0.15) is 24.1 Å². The Hall–Kier alpha value is -2.65. The number of nitrogens with zero attached hydrogens (tertiary/aromatic N) is 1. The predicted molar refractivity (Wildman–Crippen MR) is 99.1 cm³/mol. The van der Waals surface area contributed by atoms with Gasteiger partial charge in [-0.05, 0) is 39.1 Å². The van der Waals surface area contributed by atoms with E-state index >= 15 is 0 Å². The van der Waals surface area contributed by atoms with Gasteiger partial charge in [0.2, 0.25) is 10.0 Å². The van der Waals surface area contributed by atoms with Crippen LogP contribution >= 0.6 is 0 Å². The molecular formula is C17H21N3O5S. The minimum absolute atomic E-state index is 0.168. The molecular weight excluding hydrogens is 358 g/mol. The SMILES string of the molecule is CNS(=O)(=O)c1ccc(NC(C)c2cc(C)ccc2OC)c([N+](=O)[O-])c1. The molecule has 2 rings (SSSR count). The monoisotopic (exact) mass is 379 g/mol. The number of aryl methyl sites for hydroxylation is 1. The van der Waals surface area contributed by atoms with Crippen molar-refractivity contribution in [3.63, 3.8) is 0 Å². The second-order valence-corrected chi connectivity index (χ2v) is 7.64. The number of hydrogen-bond acceptors (Lipinski definition) is 6. The number of sulfonamides is 1. The number of benzene rings is 2. The number of nitro groups is 1. The summed E-state index contributed by atoms with van der Waals surface area (Å²) >= 11 is 0. The van der Waals surface area contributed by atoms with Crippen molar-refractivity contribution in [2.24, 2.45) is 0 Å². The summed E-state index contributed by atoms with van der Waals surface area (Å²) in [6.07, 6.45) is 0. The minimum Gasteiger partial charge on any atom is -0.496 e. The first-order valence-electron chi connectivity index (χ1n) is 7.82. The molecule has 0 amide bonds. The maximum atomic E-state index is 11.9. The van der Waals surface area contributed by atoms with Crippen molar-refractivity contribution in [1.82, 2.24) is 4.72 Å². The average molecular weight is 379 g/mol. The predicted octanol–water partition coefficient (Wildman–Crippen LogP) is 2.99. The number of hydrogen-bond donors (Lipinski definition) is 2. The van der Waals surface area contributed by atoms with Gasteiger partial charge in [-0.1, -0.05) is 17.7 Å². The molecule has 2 N–H and O–H groups in total. The van der Waals surface area contributed by atoms with E-state index in [4.69, 9.17) is 4.74 Å². The number of anilines is 1. The summed E-state index contributed by atoms with van der Waals surface area (Å²) in [5, 5.41) is 14.5. The van der Waals surface area contributed by atoms with Crippen LogP contribution in [-0.2, 0) is 10.0 Å². The second kappa shape index (κ2) is 7.71. The molecule has 2 aromatic carbocycles. The number of methoxy groups -OCH3 is 1. The molecule has 140 valence electrons. The Kier molecular flexibility index (Phi) is 5.83. The third kappa shape index (κ3) is 4.12. The maximum Gasteiger partial charge on any atom is 0.293 e. The molecule has 0 bridgehead atoms. The topological polar surface area (TPSA) is 111 Å². The molecule has 9 heteroatoms. The van der Waals surface area contributed by atoms with E-state index in [1.54, 1.807) is 7.11 Å². The van der Waals surface area contributed by atoms with Crippen molar-refractivity contribution in [3.05, 3.63) is 57.6 Å². The lowest BCUT2D eigenvalue weighted by Crippen LogP contribution is -2.19. The molecule has 0 saturated carbocycles. The molecule has 0 fully saturated rings. The van der Waals surface area contributed by atoms with Gasteiger partial charge in [-0.3, -0.25) is 10.1 Å². The largest absolute Gasteiger partial charge is 0.496 e. The van der Waals surface area contributed by atoms with Crippen LogP contribution in [0.3, 0.4) is 0 Å². The lowest BCUT2D eigenvalue weighted by Gasteiger charge is -2.19. The first-order chi connectivity index (χ1) is 12.2. The number of nitrogens with one attached hydrogen (secondary N) is 2. The Bertz CT molecular complexity index is 928. The maximum absolute atomic E-state index is 11.9. The molecule has 0 aromatic heterocycles. The van der Waals surface area contributed by atoms with Crippen LogP contribution in [0.25, 0.3) is 0 Å². The van der Waals surface area contributed by atoms with Crippen molar-refractivity contribution in [2.45, 2.75) is 24.8 Å². The van der Waals surface area contributed by atoms with E-state index in [0.717, 1.165) is 17.2 Å². The van der Waals surface area contributed by atoms with Gasteiger partial charge in [0.15, 0.2) is 0 Å². The zero-order valence-electron chi connectivity index (χ0n) is 14.9. The second-order valence-electron chi connectivity index (χ2n) is 5.76. The number of ether oxygens (including phenoxy) is 1. The van der Waals surface area contributed by atoms with Gasteiger partial charge in [0.25, 0.3) is 5.69 Å². The normalized spacial score (nSPS) is 12.5. The lowest BCUT2D eigenvalue weighted by molar-refractivity contribution is -0.384. The summed E-state index contributed by atoms with van der Waals surface area (Å²) in [6, 6.07) is 9.13. The van der Waals surface area contributed by atoms with Crippen LogP contribution in [0.2, 0.25) is 0 Å². The summed E-state index contributed by atoms with van der Waals surface area (Å²) in [4.78, 5) is 10.6. The van der Waals surface area contributed by atoms with Crippen LogP contribution in [0.4, 0.5) is 11.4 Å². The van der Waals surface area contributed by atoms with Gasteiger partial charge in [-0.2, -0.15) is 0 Å². The fourth-order valence-corrected chi connectivity index (χ4v) is 3.32. The van der Waals surface area contributed by atoms with Gasteiger partial charge in [-0.25, -0.2) is 13.1 Å². The van der Waals surface area contributed by atoms with Crippen molar-refractivity contribution in [2.75, 3.05) is 19.5 Å². The molecule has 26 heavy (non-hydrogen) atoms. The molecule has 8 nitrogen and oxygen atoms in total. The quantitative estimate of drug-likeness (QED) is 0.565. The van der Waals surface area contributed by atoms with E-state index in [1.807, 2.05) is 32.0 Å². The van der Waals surface area contributed by atoms with Gasteiger partial charge < -0.3 is 10.1 Å². The summed E-state index contributed by atoms with van der Waals surface area (Å²) in [5.74, 6) is 0.660. The molecule has 0 heterocycles. The first kappa shape index (κ1) is 19.7. The Morgan fingerprint density at radius 3 is 2.46 bits per heavy atom. The zero-order valence-corrected chi connectivity index (χ0v) is 15.8. The Labute approximate surface area is 152 Å². The fraction of sp³-hybridized carbons (Fsp3) is 0.294. The summed E-state index contributed by atoms with van der Waals surface area (Å²) < 4.78 is 31.3. The Morgan fingerprint density at radius 1 is 1.19 bits per heavy atom. The van der Waals surface area contributed by atoms with Crippen LogP contribution in [-0.4, -0.2) is 27.5 Å². The molecule has 1 atom stereocenters. The molecule has 0 radical (unpaired) electrons. The molecule has 1 unspecified atom stereocenters. The standard InChI is InChI=1S/C17H21N3O5S/c1-11-5-8-17(25-4)14(9-11)12(2)19-15-7-6-13(26(23,24)18-3)10-16(15)20(21)22/h5-10,12,18-19H,1-4H3. The highest BCUT2D eigenvalue weighted by Gasteiger charge is 2.22. The summed E-state index contributed by atoms with van der Waals surface area (Å²) in [5.41, 5.74) is 1.77. The third-order valence-electron chi connectivity index (χ3n) is 3.97. The fourth-order valence-electron chi connectivity index (χ4n) is 2.57. The first-order valence-corrected chi connectivity index (χ1v) is 9.31. The lowest BCUT2D eigenvalue weighted by atomic mass is 10.0. The van der Waals surface area contributed by atoms with E-state index in [1.165, 1.54) is 19.2 Å². The highest BCUT2D eigenvalue weighted by atomic mass is 32.2. The van der Waals surface area contributed by atoms with Crippen molar-refractivity contribution in [3.8, 4) is 5.75 Å². The van der Waals surface area contributed by atoms with Crippen molar-refractivity contribution in [1.29, 1.82) is 0 Å². The zero-order chi connectivity index (χ0) is 19.5. The van der Waals surface area contributed by atoms with Crippen molar-refractivity contribution >= 4 is 21.4 Å². The van der Waals surface area contributed by atoms with E-state index < -0.39 is 14.9 Å². The summed E-state index contributed by atoms with van der Waals surface area (Å²) in [7, 11) is -0.964. The summed E-state index contributed by atoms with van der Waals surface area (Å²) in [6.45, 7) is 3.79. The van der Waals surface area contributed by atoms with Gasteiger partial charge >= 0.3 is 0 Å². The van der Waals surface area contributed by atoms with E-state index in [9.17, 15) is 18.5 Å². The van der Waals surface area contributed by atoms with Crippen molar-refractivity contribution < 1.29 is 18.1 Å². The highest BCUT2D eigenvalue weighted by Crippen LogP contribution is 2.33. The van der Waals surface area contributed by atoms with E-state index in [-0.39, 0.29) is 22.3 Å². The number of rotatable bonds is 7. The van der Waals surface area contributed by atoms with Crippen LogP contribution in [0.5, 0.6) is 5.75 Å². The molecule has 2 aromatic rings. The van der Waals surface area contributed by atoms with Gasteiger partial charge in [0.05, 0.1) is 23.0 Å². The molecule has 0 aliphatic carbocycles. The molecule has 0 saturated heterocycles. The third-order valence-corrected chi connectivity index (χ3v) is 5.38. The van der Waals surface area contributed by atoms with E-state index in [0.29, 0.717) is 5.75 Å². The smallest absolute Gasteiger partial charge is 0.293 e. The Morgan fingerprint density at radius 2 is 1.88 bits per heavy atom. The average Bonchev–Trinajstić information content (AvgIpc) is 2.61. The molecule has 0 aliphatic rings. The number of nitro benzene ring substituents is 1. The van der Waals surface area contributed by atoms with Crippen LogP contribution in [0.15, 0.2) is 41.3 Å². The minimum atomic E-state index is -3.77. The van der Waals surface area contributed by atoms with Gasteiger partial charge in [0, 0.05) is 11.6 Å². The van der Waals surface area contributed by atoms with Gasteiger partial charge in [0.1, 0.15) is 11.4 Å².